The average molecular weight is 180 g/mol. The molecule has 0 unspecified atom stereocenters. The summed E-state index contributed by atoms with van der Waals surface area (Å²) in [6.07, 6.45) is 0. The highest BCUT2D eigenvalue weighted by Gasteiger charge is 2.13. The third kappa shape index (κ3) is 1.86. The lowest BCUT2D eigenvalue weighted by molar-refractivity contribution is 0.623. The summed E-state index contributed by atoms with van der Waals surface area (Å²) in [4.78, 5) is 0. The van der Waals surface area contributed by atoms with Gasteiger partial charge in [0.15, 0.2) is 0 Å². The van der Waals surface area contributed by atoms with Crippen molar-refractivity contribution in [2.75, 3.05) is 5.73 Å². The molecule has 0 saturated heterocycles. The first-order valence-corrected chi connectivity index (χ1v) is 4.17. The fourth-order valence-electron chi connectivity index (χ4n) is 1.11. The van der Waals surface area contributed by atoms with Gasteiger partial charge in [0.05, 0.1) is 5.56 Å². The van der Waals surface area contributed by atoms with Crippen molar-refractivity contribution in [3.8, 4) is 0 Å². The Bertz CT molecular complexity index is 311. The van der Waals surface area contributed by atoms with Crippen LogP contribution in [0.15, 0.2) is 18.2 Å². The number of anilines is 1. The van der Waals surface area contributed by atoms with Crippen LogP contribution in [0, 0.1) is 17.1 Å². The number of hydrogen-bond donors (Lipinski definition) is 2. The third-order valence-corrected chi connectivity index (χ3v) is 1.89. The van der Waals surface area contributed by atoms with E-state index >= 15 is 0 Å². The summed E-state index contributed by atoms with van der Waals surface area (Å²) in [5.41, 5.74) is 6.39. The third-order valence-electron chi connectivity index (χ3n) is 1.89. The largest absolute Gasteiger partial charge is 0.398 e. The Kier molecular flexibility index (Phi) is 2.66. The van der Waals surface area contributed by atoms with Gasteiger partial charge < -0.3 is 11.1 Å². The Labute approximate surface area is 77.1 Å². The molecule has 0 radical (unpaired) electrons. The molecule has 0 atom stereocenters. The second kappa shape index (κ2) is 3.56. The zero-order chi connectivity index (χ0) is 10.0. The predicted molar refractivity (Wildman–Crippen MR) is 52.5 cm³/mol. The van der Waals surface area contributed by atoms with Gasteiger partial charge in [0.25, 0.3) is 0 Å². The van der Waals surface area contributed by atoms with Gasteiger partial charge in [0.2, 0.25) is 0 Å². The van der Waals surface area contributed by atoms with Gasteiger partial charge in [-0.25, -0.2) is 4.39 Å². The molecule has 0 aliphatic rings. The van der Waals surface area contributed by atoms with Crippen molar-refractivity contribution in [2.24, 2.45) is 5.92 Å². The molecule has 3 N–H and O–H groups in total. The summed E-state index contributed by atoms with van der Waals surface area (Å²) < 4.78 is 13.2. The topological polar surface area (TPSA) is 49.9 Å². The minimum Gasteiger partial charge on any atom is -0.398 e. The summed E-state index contributed by atoms with van der Waals surface area (Å²) >= 11 is 0. The first-order chi connectivity index (χ1) is 6.04. The molecule has 0 spiro atoms. The van der Waals surface area contributed by atoms with Crippen LogP contribution >= 0.6 is 0 Å². The van der Waals surface area contributed by atoms with Gasteiger partial charge in [-0.2, -0.15) is 0 Å². The van der Waals surface area contributed by atoms with Gasteiger partial charge in [-0.15, -0.1) is 0 Å². The van der Waals surface area contributed by atoms with Crippen molar-refractivity contribution in [2.45, 2.75) is 13.8 Å². The summed E-state index contributed by atoms with van der Waals surface area (Å²) in [5.74, 6) is -0.432. The van der Waals surface area contributed by atoms with Crippen molar-refractivity contribution in [3.05, 3.63) is 29.6 Å². The zero-order valence-corrected chi connectivity index (χ0v) is 7.76. The number of nitrogens with one attached hydrogen (secondary N) is 1. The molecule has 0 amide bonds. The number of nitrogens with two attached hydrogens (primary N) is 1. The van der Waals surface area contributed by atoms with E-state index in [1.165, 1.54) is 6.07 Å². The van der Waals surface area contributed by atoms with E-state index in [9.17, 15) is 4.39 Å². The van der Waals surface area contributed by atoms with E-state index in [2.05, 4.69) is 0 Å². The molecule has 3 heteroatoms. The second-order valence-electron chi connectivity index (χ2n) is 3.27. The molecule has 0 aromatic heterocycles. The van der Waals surface area contributed by atoms with Crippen molar-refractivity contribution < 1.29 is 4.39 Å². The number of nitrogen functional groups attached to an aromatic ring is 1. The summed E-state index contributed by atoms with van der Waals surface area (Å²) in [5, 5.41) is 7.65. The molecule has 0 aliphatic carbocycles. The van der Waals surface area contributed by atoms with Crippen LogP contribution in [-0.2, 0) is 0 Å². The Balaban J connectivity index is 3.20. The molecule has 0 bridgehead atoms. The molecule has 1 aromatic rings. The zero-order valence-electron chi connectivity index (χ0n) is 7.76. The van der Waals surface area contributed by atoms with Gasteiger partial charge >= 0.3 is 0 Å². The Morgan fingerprint density at radius 3 is 2.54 bits per heavy atom. The molecule has 13 heavy (non-hydrogen) atoms. The van der Waals surface area contributed by atoms with E-state index < -0.39 is 5.82 Å². The summed E-state index contributed by atoms with van der Waals surface area (Å²) in [6, 6.07) is 4.47. The SMILES string of the molecule is CC(C)C(=N)c1c(N)cccc1F. The fraction of sp³-hybridized carbons (Fsp3) is 0.300. The predicted octanol–water partition coefficient (Wildman–Crippen LogP) is 2.43. The van der Waals surface area contributed by atoms with Crippen LogP contribution in [0.25, 0.3) is 0 Å². The summed E-state index contributed by atoms with van der Waals surface area (Å²) in [6.45, 7) is 3.68. The fourth-order valence-corrected chi connectivity index (χ4v) is 1.11. The van der Waals surface area contributed by atoms with Crippen molar-refractivity contribution in [1.29, 1.82) is 5.41 Å². The van der Waals surface area contributed by atoms with Gasteiger partial charge in [-0.3, -0.25) is 0 Å². The van der Waals surface area contributed by atoms with Gasteiger partial charge in [-0.05, 0) is 18.1 Å². The van der Waals surface area contributed by atoms with Gasteiger partial charge in [0.1, 0.15) is 5.82 Å². The molecule has 1 rings (SSSR count). The highest BCUT2D eigenvalue weighted by Crippen LogP contribution is 2.19. The molecule has 0 aliphatic heterocycles. The van der Waals surface area contributed by atoms with Crippen molar-refractivity contribution in [3.63, 3.8) is 0 Å². The maximum Gasteiger partial charge on any atom is 0.134 e. The highest BCUT2D eigenvalue weighted by atomic mass is 19.1. The van der Waals surface area contributed by atoms with Crippen LogP contribution in [0.2, 0.25) is 0 Å². The maximum absolute atomic E-state index is 13.2. The quantitative estimate of drug-likeness (QED) is 0.533. The van der Waals surface area contributed by atoms with Crippen LogP contribution < -0.4 is 5.73 Å². The number of halogens is 1. The average Bonchev–Trinajstić information content (AvgIpc) is 2.03. The Hall–Kier alpha value is -1.38. The van der Waals surface area contributed by atoms with Gasteiger partial charge in [-0.1, -0.05) is 19.9 Å². The molecule has 0 fully saturated rings. The maximum atomic E-state index is 13.2. The van der Waals surface area contributed by atoms with E-state index in [0.29, 0.717) is 5.69 Å². The molecule has 1 aromatic carbocycles. The normalized spacial score (nSPS) is 10.5. The van der Waals surface area contributed by atoms with Crippen LogP contribution in [0.5, 0.6) is 0 Å². The lowest BCUT2D eigenvalue weighted by Crippen LogP contribution is -2.12. The van der Waals surface area contributed by atoms with Crippen molar-refractivity contribution >= 4 is 11.4 Å². The minimum absolute atomic E-state index is 0.0146. The molecule has 0 heterocycles. The molecule has 70 valence electrons. The van der Waals surface area contributed by atoms with Crippen LogP contribution in [0.3, 0.4) is 0 Å². The number of hydrogen-bond acceptors (Lipinski definition) is 2. The van der Waals surface area contributed by atoms with Crippen molar-refractivity contribution in [1.82, 2.24) is 0 Å². The smallest absolute Gasteiger partial charge is 0.134 e. The van der Waals surface area contributed by atoms with E-state index in [1.807, 2.05) is 13.8 Å². The molecular formula is C10H13FN2. The van der Waals surface area contributed by atoms with E-state index in [-0.39, 0.29) is 17.2 Å². The minimum atomic E-state index is -0.418. The molecule has 0 saturated carbocycles. The standard InChI is InChI=1S/C10H13FN2/c1-6(2)10(13)9-7(11)4-3-5-8(9)12/h3-6,13H,12H2,1-2H3. The summed E-state index contributed by atoms with van der Waals surface area (Å²) in [7, 11) is 0. The number of benzene rings is 1. The van der Waals surface area contributed by atoms with Crippen LogP contribution in [0.4, 0.5) is 10.1 Å². The highest BCUT2D eigenvalue weighted by molar-refractivity contribution is 6.03. The molecular weight excluding hydrogens is 167 g/mol. The monoisotopic (exact) mass is 180 g/mol. The van der Waals surface area contributed by atoms with Crippen LogP contribution in [-0.4, -0.2) is 5.71 Å². The van der Waals surface area contributed by atoms with Gasteiger partial charge in [0, 0.05) is 11.4 Å². The first-order valence-electron chi connectivity index (χ1n) is 4.17. The lowest BCUT2D eigenvalue weighted by Gasteiger charge is -2.10. The second-order valence-corrected chi connectivity index (χ2v) is 3.27. The Morgan fingerprint density at radius 2 is 2.08 bits per heavy atom. The first kappa shape index (κ1) is 9.71. The van der Waals surface area contributed by atoms with Crippen LogP contribution in [0.1, 0.15) is 19.4 Å². The lowest BCUT2D eigenvalue weighted by atomic mass is 9.98. The van der Waals surface area contributed by atoms with E-state index in [1.54, 1.807) is 12.1 Å². The Morgan fingerprint density at radius 1 is 1.46 bits per heavy atom. The van der Waals surface area contributed by atoms with E-state index in [0.717, 1.165) is 0 Å². The molecule has 2 nitrogen and oxygen atoms in total. The van der Waals surface area contributed by atoms with E-state index in [4.69, 9.17) is 11.1 Å². The number of rotatable bonds is 2.